The molecule has 4 heteroatoms. The molecule has 2 N–H and O–H groups in total. The van der Waals surface area contributed by atoms with Crippen LogP contribution < -0.4 is 5.73 Å². The van der Waals surface area contributed by atoms with Crippen molar-refractivity contribution in [1.29, 1.82) is 0 Å². The number of hydrogen-bond acceptors (Lipinski definition) is 3. The molecule has 0 saturated carbocycles. The van der Waals surface area contributed by atoms with E-state index in [-0.39, 0.29) is 6.04 Å². The van der Waals surface area contributed by atoms with Crippen molar-refractivity contribution in [2.45, 2.75) is 70.5 Å². The van der Waals surface area contributed by atoms with E-state index >= 15 is 0 Å². The Morgan fingerprint density at radius 1 is 1.21 bits per heavy atom. The SMILES string of the molecule is CC1CCCC(CN)N1C(C)C(=O)N1CCCCC1. The molecular weight excluding hydrogens is 238 g/mol. The summed E-state index contributed by atoms with van der Waals surface area (Å²) in [4.78, 5) is 17.1. The van der Waals surface area contributed by atoms with Crippen LogP contribution in [0.3, 0.4) is 0 Å². The third-order valence-electron chi connectivity index (χ3n) is 4.83. The molecule has 0 aromatic carbocycles. The highest BCUT2D eigenvalue weighted by Gasteiger charge is 2.35. The van der Waals surface area contributed by atoms with Gasteiger partial charge in [-0.3, -0.25) is 9.69 Å². The Morgan fingerprint density at radius 2 is 1.89 bits per heavy atom. The molecule has 2 fully saturated rings. The maximum atomic E-state index is 12.6. The van der Waals surface area contributed by atoms with E-state index in [0.29, 0.717) is 24.5 Å². The molecule has 0 spiro atoms. The molecule has 0 bridgehead atoms. The number of amides is 1. The van der Waals surface area contributed by atoms with Crippen molar-refractivity contribution in [1.82, 2.24) is 9.80 Å². The first-order valence-electron chi connectivity index (χ1n) is 7.91. The van der Waals surface area contributed by atoms with Gasteiger partial charge in [-0.25, -0.2) is 0 Å². The van der Waals surface area contributed by atoms with Crippen molar-refractivity contribution in [2.24, 2.45) is 5.73 Å². The van der Waals surface area contributed by atoms with Crippen molar-refractivity contribution in [3.63, 3.8) is 0 Å². The summed E-state index contributed by atoms with van der Waals surface area (Å²) in [5.74, 6) is 0.312. The largest absolute Gasteiger partial charge is 0.341 e. The van der Waals surface area contributed by atoms with Crippen LogP contribution in [0.2, 0.25) is 0 Å². The second-order valence-corrected chi connectivity index (χ2v) is 6.18. The average Bonchev–Trinajstić information content (AvgIpc) is 2.46. The fourth-order valence-electron chi connectivity index (χ4n) is 3.75. The van der Waals surface area contributed by atoms with Crippen molar-refractivity contribution >= 4 is 5.91 Å². The lowest BCUT2D eigenvalue weighted by Gasteiger charge is -2.44. The summed E-state index contributed by atoms with van der Waals surface area (Å²) in [6.07, 6.45) is 7.16. The molecule has 0 radical (unpaired) electrons. The fourth-order valence-corrected chi connectivity index (χ4v) is 3.75. The zero-order chi connectivity index (χ0) is 13.8. The first-order chi connectivity index (χ1) is 9.15. The van der Waals surface area contributed by atoms with Crippen LogP contribution >= 0.6 is 0 Å². The number of hydrogen-bond donors (Lipinski definition) is 1. The second kappa shape index (κ2) is 6.71. The standard InChI is InChI=1S/C15H29N3O/c1-12-7-6-8-14(11-16)18(12)13(2)15(19)17-9-4-3-5-10-17/h12-14H,3-11,16H2,1-2H3. The van der Waals surface area contributed by atoms with E-state index in [1.54, 1.807) is 0 Å². The van der Waals surface area contributed by atoms with Gasteiger partial charge in [-0.1, -0.05) is 6.42 Å². The second-order valence-electron chi connectivity index (χ2n) is 6.18. The van der Waals surface area contributed by atoms with Gasteiger partial charge in [0.1, 0.15) is 0 Å². The minimum absolute atomic E-state index is 0.0121. The molecule has 2 rings (SSSR count). The van der Waals surface area contributed by atoms with Crippen LogP contribution in [0.1, 0.15) is 52.4 Å². The van der Waals surface area contributed by atoms with Crippen LogP contribution in [-0.2, 0) is 4.79 Å². The monoisotopic (exact) mass is 267 g/mol. The Kier molecular flexibility index (Phi) is 5.22. The molecular formula is C15H29N3O. The van der Waals surface area contributed by atoms with E-state index in [1.165, 1.54) is 19.3 Å². The molecule has 0 aliphatic carbocycles. The van der Waals surface area contributed by atoms with Crippen LogP contribution in [-0.4, -0.2) is 53.5 Å². The summed E-state index contributed by atoms with van der Waals surface area (Å²) in [7, 11) is 0. The smallest absolute Gasteiger partial charge is 0.239 e. The van der Waals surface area contributed by atoms with Gasteiger partial charge in [0.05, 0.1) is 6.04 Å². The van der Waals surface area contributed by atoms with E-state index in [9.17, 15) is 4.79 Å². The molecule has 2 aliphatic rings. The number of carbonyl (C=O) groups is 1. The summed E-state index contributed by atoms with van der Waals surface area (Å²) >= 11 is 0. The van der Waals surface area contributed by atoms with Gasteiger partial charge in [0, 0.05) is 31.7 Å². The number of rotatable bonds is 3. The highest BCUT2D eigenvalue weighted by molar-refractivity contribution is 5.81. The third kappa shape index (κ3) is 3.29. The lowest BCUT2D eigenvalue weighted by molar-refractivity contribution is -0.140. The Bertz CT molecular complexity index is 302. The van der Waals surface area contributed by atoms with Crippen molar-refractivity contribution in [3.05, 3.63) is 0 Å². The molecule has 1 amide bonds. The summed E-state index contributed by atoms with van der Waals surface area (Å²) in [6.45, 7) is 6.86. The van der Waals surface area contributed by atoms with Crippen LogP contribution in [0.4, 0.5) is 0 Å². The lowest BCUT2D eigenvalue weighted by Crippen LogP contribution is -2.58. The van der Waals surface area contributed by atoms with Gasteiger partial charge in [0.25, 0.3) is 0 Å². The fraction of sp³-hybridized carbons (Fsp3) is 0.933. The predicted molar refractivity (Wildman–Crippen MR) is 77.9 cm³/mol. The van der Waals surface area contributed by atoms with Crippen molar-refractivity contribution in [2.75, 3.05) is 19.6 Å². The van der Waals surface area contributed by atoms with E-state index in [0.717, 1.165) is 32.4 Å². The minimum atomic E-state index is -0.0121. The van der Waals surface area contributed by atoms with Crippen LogP contribution in [0, 0.1) is 0 Å². The summed E-state index contributed by atoms with van der Waals surface area (Å²) < 4.78 is 0. The predicted octanol–water partition coefficient (Wildman–Crippen LogP) is 1.59. The van der Waals surface area contributed by atoms with E-state index in [1.807, 2.05) is 0 Å². The van der Waals surface area contributed by atoms with Crippen LogP contribution in [0.15, 0.2) is 0 Å². The third-order valence-corrected chi connectivity index (χ3v) is 4.83. The van der Waals surface area contributed by atoms with Crippen molar-refractivity contribution in [3.8, 4) is 0 Å². The number of piperidine rings is 2. The van der Waals surface area contributed by atoms with Crippen molar-refractivity contribution < 1.29 is 4.79 Å². The zero-order valence-electron chi connectivity index (χ0n) is 12.5. The number of nitrogens with zero attached hydrogens (tertiary/aromatic N) is 2. The van der Waals surface area contributed by atoms with Gasteiger partial charge >= 0.3 is 0 Å². The quantitative estimate of drug-likeness (QED) is 0.845. The highest BCUT2D eigenvalue weighted by Crippen LogP contribution is 2.26. The summed E-state index contributed by atoms with van der Waals surface area (Å²) in [5, 5.41) is 0. The molecule has 3 unspecified atom stereocenters. The highest BCUT2D eigenvalue weighted by atomic mass is 16.2. The van der Waals surface area contributed by atoms with Gasteiger partial charge in [0.2, 0.25) is 5.91 Å². The topological polar surface area (TPSA) is 49.6 Å². The average molecular weight is 267 g/mol. The first-order valence-corrected chi connectivity index (χ1v) is 7.91. The van der Waals surface area contributed by atoms with Crippen LogP contribution in [0.5, 0.6) is 0 Å². The molecule has 0 aromatic rings. The zero-order valence-corrected chi connectivity index (χ0v) is 12.5. The molecule has 4 nitrogen and oxygen atoms in total. The van der Waals surface area contributed by atoms with E-state index in [2.05, 4.69) is 23.6 Å². The van der Waals surface area contributed by atoms with Gasteiger partial charge in [-0.05, 0) is 46.0 Å². The van der Waals surface area contributed by atoms with Gasteiger partial charge in [-0.15, -0.1) is 0 Å². The Labute approximate surface area is 117 Å². The molecule has 2 aliphatic heterocycles. The maximum absolute atomic E-state index is 12.6. The number of likely N-dealkylation sites (tertiary alicyclic amines) is 2. The Balaban J connectivity index is 2.02. The number of nitrogens with two attached hydrogens (primary N) is 1. The van der Waals surface area contributed by atoms with Gasteiger partial charge in [0.15, 0.2) is 0 Å². The summed E-state index contributed by atoms with van der Waals surface area (Å²) in [6, 6.07) is 0.848. The van der Waals surface area contributed by atoms with Crippen LogP contribution in [0.25, 0.3) is 0 Å². The summed E-state index contributed by atoms with van der Waals surface area (Å²) in [5.41, 5.74) is 5.91. The van der Waals surface area contributed by atoms with E-state index in [4.69, 9.17) is 5.73 Å². The van der Waals surface area contributed by atoms with Gasteiger partial charge in [-0.2, -0.15) is 0 Å². The van der Waals surface area contributed by atoms with Gasteiger partial charge < -0.3 is 10.6 Å². The lowest BCUT2D eigenvalue weighted by atomic mass is 9.94. The van der Waals surface area contributed by atoms with E-state index < -0.39 is 0 Å². The molecule has 19 heavy (non-hydrogen) atoms. The molecule has 3 atom stereocenters. The molecule has 110 valence electrons. The first kappa shape index (κ1) is 14.8. The molecule has 0 aromatic heterocycles. The normalized spacial score (nSPS) is 31.2. The Morgan fingerprint density at radius 3 is 2.53 bits per heavy atom. The number of carbonyl (C=O) groups excluding carboxylic acids is 1. The molecule has 2 heterocycles. The Hall–Kier alpha value is -0.610. The molecule has 2 saturated heterocycles. The maximum Gasteiger partial charge on any atom is 0.239 e. The minimum Gasteiger partial charge on any atom is -0.341 e.